The molecule has 2 aromatic rings. The van der Waals surface area contributed by atoms with Crippen LogP contribution in [0.1, 0.15) is 0 Å². The van der Waals surface area contributed by atoms with E-state index in [0.29, 0.717) is 12.1 Å². The highest BCUT2D eigenvalue weighted by Crippen LogP contribution is 2.22. The van der Waals surface area contributed by atoms with Crippen LogP contribution in [0.4, 0.5) is 20.4 Å². The second-order valence-electron chi connectivity index (χ2n) is 3.61. The SMILES string of the molecule is Nc1cc(S(=O)(=O)Nc2nccc(Cl)n2)c(F)cc1F. The zero-order valence-corrected chi connectivity index (χ0v) is 11.2. The molecule has 0 unspecified atom stereocenters. The predicted octanol–water partition coefficient (Wildman–Crippen LogP) is 1.79. The van der Waals surface area contributed by atoms with Crippen LogP contribution in [-0.2, 0) is 10.0 Å². The van der Waals surface area contributed by atoms with Crippen molar-refractivity contribution in [1.29, 1.82) is 0 Å². The van der Waals surface area contributed by atoms with E-state index in [2.05, 4.69) is 9.97 Å². The number of sulfonamides is 1. The third-order valence-electron chi connectivity index (χ3n) is 2.19. The summed E-state index contributed by atoms with van der Waals surface area (Å²) in [6, 6.07) is 2.37. The van der Waals surface area contributed by atoms with Gasteiger partial charge in [-0.15, -0.1) is 0 Å². The van der Waals surface area contributed by atoms with E-state index >= 15 is 0 Å². The van der Waals surface area contributed by atoms with Gasteiger partial charge in [-0.3, -0.25) is 0 Å². The van der Waals surface area contributed by atoms with Gasteiger partial charge < -0.3 is 5.73 Å². The third kappa shape index (κ3) is 2.94. The molecule has 1 aromatic heterocycles. The van der Waals surface area contributed by atoms with Gasteiger partial charge in [-0.25, -0.2) is 31.9 Å². The number of aromatic nitrogens is 2. The molecule has 0 saturated heterocycles. The van der Waals surface area contributed by atoms with E-state index < -0.39 is 32.2 Å². The lowest BCUT2D eigenvalue weighted by Crippen LogP contribution is -2.17. The first-order valence-corrected chi connectivity index (χ1v) is 6.91. The zero-order valence-electron chi connectivity index (χ0n) is 9.64. The molecule has 20 heavy (non-hydrogen) atoms. The molecule has 0 fully saturated rings. The van der Waals surface area contributed by atoms with Crippen LogP contribution in [-0.4, -0.2) is 18.4 Å². The summed E-state index contributed by atoms with van der Waals surface area (Å²) in [5.74, 6) is -2.69. The summed E-state index contributed by atoms with van der Waals surface area (Å²) in [6.07, 6.45) is 1.21. The van der Waals surface area contributed by atoms with Crippen molar-refractivity contribution >= 4 is 33.3 Å². The van der Waals surface area contributed by atoms with E-state index in [1.165, 1.54) is 12.3 Å². The standard InChI is InChI=1S/C10H7ClF2N4O2S/c11-9-1-2-15-10(16-9)17-20(18,19)8-4-7(14)5(12)3-6(8)13/h1-4H,14H2,(H,15,16,17). The Bertz CT molecular complexity index is 770. The van der Waals surface area contributed by atoms with Gasteiger partial charge >= 0.3 is 0 Å². The van der Waals surface area contributed by atoms with Gasteiger partial charge in [-0.1, -0.05) is 11.6 Å². The van der Waals surface area contributed by atoms with Crippen LogP contribution in [0.3, 0.4) is 0 Å². The second kappa shape index (κ2) is 5.17. The molecule has 2 rings (SSSR count). The molecule has 1 heterocycles. The molecule has 0 amide bonds. The Balaban J connectivity index is 2.43. The van der Waals surface area contributed by atoms with E-state index in [-0.39, 0.29) is 11.1 Å². The van der Waals surface area contributed by atoms with Crippen molar-refractivity contribution in [3.8, 4) is 0 Å². The predicted molar refractivity (Wildman–Crippen MR) is 68.6 cm³/mol. The van der Waals surface area contributed by atoms with Crippen molar-refractivity contribution in [2.24, 2.45) is 0 Å². The molecule has 0 aliphatic rings. The van der Waals surface area contributed by atoms with Crippen LogP contribution in [0, 0.1) is 11.6 Å². The molecule has 0 aliphatic heterocycles. The number of nitrogens with two attached hydrogens (primary N) is 1. The average molecular weight is 321 g/mol. The van der Waals surface area contributed by atoms with Crippen LogP contribution in [0.25, 0.3) is 0 Å². The van der Waals surface area contributed by atoms with Crippen LogP contribution in [0.5, 0.6) is 0 Å². The summed E-state index contributed by atoms with van der Waals surface area (Å²) >= 11 is 5.57. The molecule has 10 heteroatoms. The molecule has 0 radical (unpaired) electrons. The number of nitrogen functional groups attached to an aromatic ring is 1. The fourth-order valence-corrected chi connectivity index (χ4v) is 2.49. The van der Waals surface area contributed by atoms with Crippen molar-refractivity contribution in [2.45, 2.75) is 4.90 Å². The highest BCUT2D eigenvalue weighted by molar-refractivity contribution is 7.92. The zero-order chi connectivity index (χ0) is 14.9. The lowest BCUT2D eigenvalue weighted by Gasteiger charge is -2.08. The van der Waals surface area contributed by atoms with Gasteiger partial charge in [0.2, 0.25) is 5.95 Å². The molecule has 0 bridgehead atoms. The van der Waals surface area contributed by atoms with Crippen molar-refractivity contribution in [3.05, 3.63) is 41.2 Å². The van der Waals surface area contributed by atoms with Crippen LogP contribution in [0.2, 0.25) is 5.15 Å². The van der Waals surface area contributed by atoms with Gasteiger partial charge in [0.05, 0.1) is 5.69 Å². The van der Waals surface area contributed by atoms with E-state index in [1.54, 1.807) is 0 Å². The minimum atomic E-state index is -4.36. The number of nitrogens with zero attached hydrogens (tertiary/aromatic N) is 2. The highest BCUT2D eigenvalue weighted by Gasteiger charge is 2.22. The summed E-state index contributed by atoms with van der Waals surface area (Å²) in [4.78, 5) is 6.38. The lowest BCUT2D eigenvalue weighted by atomic mass is 10.3. The Morgan fingerprint density at radius 1 is 1.25 bits per heavy atom. The minimum absolute atomic E-state index is 0.00297. The first-order chi connectivity index (χ1) is 9.29. The van der Waals surface area contributed by atoms with E-state index in [9.17, 15) is 17.2 Å². The maximum absolute atomic E-state index is 13.5. The molecule has 1 aromatic carbocycles. The van der Waals surface area contributed by atoms with Crippen molar-refractivity contribution in [1.82, 2.24) is 9.97 Å². The Morgan fingerprint density at radius 3 is 2.60 bits per heavy atom. The first-order valence-electron chi connectivity index (χ1n) is 5.05. The summed E-state index contributed by atoms with van der Waals surface area (Å²) in [7, 11) is -4.36. The van der Waals surface area contributed by atoms with E-state index in [4.69, 9.17) is 17.3 Å². The third-order valence-corrected chi connectivity index (χ3v) is 3.74. The first kappa shape index (κ1) is 14.4. The molecular weight excluding hydrogens is 314 g/mol. The smallest absolute Gasteiger partial charge is 0.267 e. The largest absolute Gasteiger partial charge is 0.396 e. The molecule has 0 spiro atoms. The molecule has 0 saturated carbocycles. The van der Waals surface area contributed by atoms with Crippen LogP contribution >= 0.6 is 11.6 Å². The van der Waals surface area contributed by atoms with Crippen LogP contribution < -0.4 is 10.5 Å². The van der Waals surface area contributed by atoms with Gasteiger partial charge in [0, 0.05) is 12.3 Å². The van der Waals surface area contributed by atoms with Crippen molar-refractivity contribution < 1.29 is 17.2 Å². The number of benzene rings is 1. The average Bonchev–Trinajstić information content (AvgIpc) is 2.33. The maximum atomic E-state index is 13.5. The number of nitrogens with one attached hydrogen (secondary N) is 1. The Morgan fingerprint density at radius 2 is 1.95 bits per heavy atom. The monoisotopic (exact) mass is 320 g/mol. The fourth-order valence-electron chi connectivity index (χ4n) is 1.31. The van der Waals surface area contributed by atoms with Crippen LogP contribution in [0.15, 0.2) is 29.3 Å². The van der Waals surface area contributed by atoms with E-state index in [0.717, 1.165) is 0 Å². The quantitative estimate of drug-likeness (QED) is 0.663. The lowest BCUT2D eigenvalue weighted by molar-refractivity contribution is 0.553. The Kier molecular flexibility index (Phi) is 3.73. The topological polar surface area (TPSA) is 98.0 Å². The highest BCUT2D eigenvalue weighted by atomic mass is 35.5. The number of rotatable bonds is 3. The molecular formula is C10H7ClF2N4O2S. The molecule has 0 atom stereocenters. The second-order valence-corrected chi connectivity index (χ2v) is 5.65. The van der Waals surface area contributed by atoms with Gasteiger partial charge in [0.15, 0.2) is 0 Å². The summed E-state index contributed by atoms with van der Waals surface area (Å²) < 4.78 is 52.3. The van der Waals surface area contributed by atoms with E-state index in [1.807, 2.05) is 4.72 Å². The molecule has 6 nitrogen and oxygen atoms in total. The summed E-state index contributed by atoms with van der Waals surface area (Å²) in [5, 5.41) is -0.00297. The molecule has 0 aliphatic carbocycles. The number of anilines is 2. The van der Waals surface area contributed by atoms with Gasteiger partial charge in [0.1, 0.15) is 21.7 Å². The summed E-state index contributed by atoms with van der Waals surface area (Å²) in [6.45, 7) is 0. The number of hydrogen-bond acceptors (Lipinski definition) is 5. The van der Waals surface area contributed by atoms with Gasteiger partial charge in [0.25, 0.3) is 10.0 Å². The molecule has 106 valence electrons. The normalized spacial score (nSPS) is 11.3. The molecule has 3 N–H and O–H groups in total. The Labute approximate surface area is 117 Å². The van der Waals surface area contributed by atoms with Crippen molar-refractivity contribution in [2.75, 3.05) is 10.5 Å². The Hall–Kier alpha value is -2.00. The van der Waals surface area contributed by atoms with Gasteiger partial charge in [-0.05, 0) is 12.1 Å². The minimum Gasteiger partial charge on any atom is -0.396 e. The number of halogens is 3. The maximum Gasteiger partial charge on any atom is 0.267 e. The number of hydrogen-bond donors (Lipinski definition) is 2. The van der Waals surface area contributed by atoms with Gasteiger partial charge in [-0.2, -0.15) is 0 Å². The van der Waals surface area contributed by atoms with Crippen molar-refractivity contribution in [3.63, 3.8) is 0 Å². The fraction of sp³-hybridized carbons (Fsp3) is 0. The summed E-state index contributed by atoms with van der Waals surface area (Å²) in [5.41, 5.74) is 4.72.